The molecule has 0 saturated heterocycles. The Morgan fingerprint density at radius 1 is 1.14 bits per heavy atom. The molecule has 0 saturated carbocycles. The zero-order valence-electron chi connectivity index (χ0n) is 22.1. The van der Waals surface area contributed by atoms with Crippen LogP contribution in [-0.4, -0.2) is 29.4 Å². The number of carbonyl (C=O) groups is 1. The zero-order chi connectivity index (χ0) is 27.4. The van der Waals surface area contributed by atoms with Crippen LogP contribution in [0, 0.1) is 18.6 Å². The van der Waals surface area contributed by atoms with Gasteiger partial charge in [0, 0.05) is 61.4 Å². The Morgan fingerprint density at radius 2 is 1.84 bits per heavy atom. The van der Waals surface area contributed by atoms with E-state index in [-0.39, 0.29) is 12.5 Å². The lowest BCUT2D eigenvalue weighted by Gasteiger charge is -2.15. The lowest BCUT2D eigenvalue weighted by Crippen LogP contribution is -2.23. The lowest BCUT2D eigenvalue weighted by molar-refractivity contribution is 0.0949. The molecule has 0 aliphatic heterocycles. The summed E-state index contributed by atoms with van der Waals surface area (Å²) in [6.07, 6.45) is 6.42. The van der Waals surface area contributed by atoms with Crippen molar-refractivity contribution in [3.05, 3.63) is 108 Å². The molecule has 0 radical (unpaired) electrons. The molecule has 3 aromatic rings. The van der Waals surface area contributed by atoms with Crippen molar-refractivity contribution in [1.82, 2.24) is 15.2 Å². The van der Waals surface area contributed by atoms with Crippen LogP contribution in [0.1, 0.15) is 54.4 Å². The Kier molecular flexibility index (Phi) is 11.5. The average molecular weight is 508 g/mol. The Morgan fingerprint density at radius 3 is 2.49 bits per heavy atom. The van der Waals surface area contributed by atoms with Crippen LogP contribution in [0.5, 0.6) is 11.5 Å². The zero-order valence-corrected chi connectivity index (χ0v) is 22.1. The smallest absolute Gasteiger partial charge is 0.251 e. The molecule has 5 nitrogen and oxygen atoms in total. The second kappa shape index (κ2) is 14.5. The molecule has 0 fully saturated rings. The highest BCUT2D eigenvalue weighted by atomic mass is 19.1. The quantitative estimate of drug-likeness (QED) is 0.293. The van der Waals surface area contributed by atoms with Crippen LogP contribution in [0.15, 0.2) is 73.6 Å². The Hall–Kier alpha value is -4.00. The van der Waals surface area contributed by atoms with Crippen molar-refractivity contribution >= 4 is 11.5 Å². The van der Waals surface area contributed by atoms with Crippen molar-refractivity contribution in [2.75, 3.05) is 13.6 Å². The molecule has 1 heterocycles. The number of allylic oxidation sites excluding steroid dienone is 2. The standard InChI is InChI=1S/C28H29F2N3O2.C2H6/c1-5-12-33(4)18-21(6-2)26-16-24(10-11-31-26)35-27-9-7-8-25(19(27)3)28(34)32-17-20-13-22(29)15-23(30)14-20;1-2/h6-11,13-16,18H,2,5,12,17H2,1,3-4H3,(H,32,34);1-2H3/b21-18+;. The number of pyridine rings is 1. The van der Waals surface area contributed by atoms with E-state index < -0.39 is 11.6 Å². The number of aromatic nitrogens is 1. The van der Waals surface area contributed by atoms with Gasteiger partial charge < -0.3 is 15.0 Å². The molecule has 37 heavy (non-hydrogen) atoms. The maximum absolute atomic E-state index is 13.4. The molecule has 0 atom stereocenters. The average Bonchev–Trinajstić information content (AvgIpc) is 2.88. The molecule has 196 valence electrons. The predicted molar refractivity (Wildman–Crippen MR) is 145 cm³/mol. The summed E-state index contributed by atoms with van der Waals surface area (Å²) in [5, 5.41) is 2.70. The number of hydrogen-bond acceptors (Lipinski definition) is 4. The van der Waals surface area contributed by atoms with E-state index in [1.807, 2.05) is 33.2 Å². The molecule has 0 spiro atoms. The van der Waals surface area contributed by atoms with E-state index >= 15 is 0 Å². The van der Waals surface area contributed by atoms with Crippen molar-refractivity contribution in [2.24, 2.45) is 0 Å². The molecular formula is C30H35F2N3O2. The minimum atomic E-state index is -0.691. The summed E-state index contributed by atoms with van der Waals surface area (Å²) in [6, 6.07) is 11.9. The van der Waals surface area contributed by atoms with Crippen molar-refractivity contribution in [1.29, 1.82) is 0 Å². The minimum Gasteiger partial charge on any atom is -0.457 e. The largest absolute Gasteiger partial charge is 0.457 e. The van der Waals surface area contributed by atoms with Gasteiger partial charge in [0.15, 0.2) is 0 Å². The highest BCUT2D eigenvalue weighted by Gasteiger charge is 2.14. The fraction of sp³-hybridized carbons (Fsp3) is 0.267. The predicted octanol–water partition coefficient (Wildman–Crippen LogP) is 7.29. The van der Waals surface area contributed by atoms with E-state index in [4.69, 9.17) is 4.74 Å². The van der Waals surface area contributed by atoms with Crippen molar-refractivity contribution in [3.8, 4) is 11.5 Å². The first-order valence-corrected chi connectivity index (χ1v) is 12.3. The second-order valence-electron chi connectivity index (χ2n) is 8.14. The van der Waals surface area contributed by atoms with Crippen LogP contribution >= 0.6 is 0 Å². The summed E-state index contributed by atoms with van der Waals surface area (Å²) in [6.45, 7) is 12.7. The first kappa shape index (κ1) is 29.2. The van der Waals surface area contributed by atoms with Crippen LogP contribution in [0.4, 0.5) is 8.78 Å². The molecule has 1 N–H and O–H groups in total. The summed E-state index contributed by atoms with van der Waals surface area (Å²) in [5.74, 6) is -0.674. The number of carbonyl (C=O) groups excluding carboxylic acids is 1. The topological polar surface area (TPSA) is 54.5 Å². The van der Waals surface area contributed by atoms with Crippen LogP contribution in [0.2, 0.25) is 0 Å². The summed E-state index contributed by atoms with van der Waals surface area (Å²) >= 11 is 0. The summed E-state index contributed by atoms with van der Waals surface area (Å²) in [4.78, 5) is 19.3. The Bertz CT molecular complexity index is 1220. The van der Waals surface area contributed by atoms with Gasteiger partial charge >= 0.3 is 0 Å². The summed E-state index contributed by atoms with van der Waals surface area (Å²) < 4.78 is 32.9. The van der Waals surface area contributed by atoms with E-state index in [9.17, 15) is 13.6 Å². The van der Waals surface area contributed by atoms with E-state index in [1.165, 1.54) is 12.1 Å². The van der Waals surface area contributed by atoms with Gasteiger partial charge in [-0.3, -0.25) is 9.78 Å². The van der Waals surface area contributed by atoms with Crippen LogP contribution in [0.25, 0.3) is 5.57 Å². The lowest BCUT2D eigenvalue weighted by atomic mass is 10.1. The first-order chi connectivity index (χ1) is 17.8. The van der Waals surface area contributed by atoms with Gasteiger partial charge in [-0.05, 0) is 49.2 Å². The molecule has 0 bridgehead atoms. The van der Waals surface area contributed by atoms with Gasteiger partial charge in [-0.25, -0.2) is 8.78 Å². The molecule has 0 aliphatic rings. The van der Waals surface area contributed by atoms with Gasteiger partial charge in [-0.2, -0.15) is 0 Å². The van der Waals surface area contributed by atoms with E-state index in [0.29, 0.717) is 33.9 Å². The maximum Gasteiger partial charge on any atom is 0.251 e. The van der Waals surface area contributed by atoms with Crippen molar-refractivity contribution < 1.29 is 18.3 Å². The number of hydrogen-bond donors (Lipinski definition) is 1. The Labute approximate surface area is 218 Å². The van der Waals surface area contributed by atoms with E-state index in [1.54, 1.807) is 43.5 Å². The van der Waals surface area contributed by atoms with Gasteiger partial charge in [-0.1, -0.05) is 39.5 Å². The number of rotatable bonds is 10. The van der Waals surface area contributed by atoms with Crippen molar-refractivity contribution in [3.63, 3.8) is 0 Å². The number of halogens is 2. The van der Waals surface area contributed by atoms with Gasteiger partial charge in [0.2, 0.25) is 0 Å². The third kappa shape index (κ3) is 8.56. The third-order valence-electron chi connectivity index (χ3n) is 5.31. The number of ether oxygens (including phenoxy) is 1. The molecule has 3 rings (SSSR count). The van der Waals surface area contributed by atoms with E-state index in [2.05, 4.69) is 28.7 Å². The van der Waals surface area contributed by atoms with Gasteiger partial charge in [0.05, 0.1) is 5.69 Å². The summed E-state index contributed by atoms with van der Waals surface area (Å²) in [7, 11) is 2.00. The minimum absolute atomic E-state index is 0.00506. The number of amides is 1. The fourth-order valence-electron chi connectivity index (χ4n) is 3.60. The SMILES string of the molecule is C=C/C(=C\N(C)CCC)c1cc(Oc2cccc(C(=O)NCc3cc(F)cc(F)c3)c2C)ccn1.CC. The molecule has 7 heteroatoms. The Balaban J connectivity index is 0.00000235. The maximum atomic E-state index is 13.4. The normalized spacial score (nSPS) is 10.7. The molecule has 1 aromatic heterocycles. The van der Waals surface area contributed by atoms with E-state index in [0.717, 1.165) is 24.6 Å². The van der Waals surface area contributed by atoms with Crippen molar-refractivity contribution in [2.45, 2.75) is 40.7 Å². The third-order valence-corrected chi connectivity index (χ3v) is 5.31. The fourth-order valence-corrected chi connectivity index (χ4v) is 3.60. The van der Waals surface area contributed by atoms with Gasteiger partial charge in [0.25, 0.3) is 5.91 Å². The monoisotopic (exact) mass is 507 g/mol. The van der Waals surface area contributed by atoms with Crippen LogP contribution in [-0.2, 0) is 6.54 Å². The molecule has 0 aliphatic carbocycles. The number of nitrogens with zero attached hydrogens (tertiary/aromatic N) is 2. The first-order valence-electron chi connectivity index (χ1n) is 12.3. The molecule has 0 unspecified atom stereocenters. The van der Waals surface area contributed by atoms with Crippen LogP contribution in [0.3, 0.4) is 0 Å². The summed E-state index contributed by atoms with van der Waals surface area (Å²) in [5.41, 5.74) is 2.96. The number of benzene rings is 2. The van der Waals surface area contributed by atoms with Crippen LogP contribution < -0.4 is 10.1 Å². The number of nitrogens with one attached hydrogen (secondary N) is 1. The highest BCUT2D eigenvalue weighted by Crippen LogP contribution is 2.29. The molecular weight excluding hydrogens is 472 g/mol. The second-order valence-corrected chi connectivity index (χ2v) is 8.14. The van der Waals surface area contributed by atoms with Gasteiger partial charge in [-0.15, -0.1) is 0 Å². The molecule has 2 aromatic carbocycles. The van der Waals surface area contributed by atoms with Gasteiger partial charge in [0.1, 0.15) is 23.1 Å². The molecule has 1 amide bonds. The highest BCUT2D eigenvalue weighted by molar-refractivity contribution is 5.96.